The van der Waals surface area contributed by atoms with Crippen LogP contribution in [0.2, 0.25) is 10.0 Å². The van der Waals surface area contributed by atoms with Crippen LogP contribution in [0.1, 0.15) is 24.2 Å². The van der Waals surface area contributed by atoms with E-state index in [9.17, 15) is 13.2 Å². The summed E-state index contributed by atoms with van der Waals surface area (Å²) in [4.78, 5) is 12.9. The molecule has 1 aliphatic heterocycles. The molecule has 3 rings (SSSR count). The molecule has 162 valence electrons. The van der Waals surface area contributed by atoms with E-state index < -0.39 is 15.9 Å². The molecule has 0 bridgehead atoms. The van der Waals surface area contributed by atoms with E-state index >= 15 is 0 Å². The van der Waals surface area contributed by atoms with Crippen molar-refractivity contribution in [2.45, 2.75) is 24.8 Å². The number of anilines is 1. The van der Waals surface area contributed by atoms with Gasteiger partial charge in [-0.2, -0.15) is 4.31 Å². The smallest absolute Gasteiger partial charge is 0.257 e. The lowest BCUT2D eigenvalue weighted by molar-refractivity contribution is 0.0730. The number of carbonyl (C=O) groups is 1. The molecule has 0 saturated carbocycles. The Morgan fingerprint density at radius 2 is 1.87 bits per heavy atom. The van der Waals surface area contributed by atoms with Gasteiger partial charge in [0.15, 0.2) is 0 Å². The van der Waals surface area contributed by atoms with Gasteiger partial charge < -0.3 is 14.8 Å². The number of nitrogens with one attached hydrogen (secondary N) is 1. The summed E-state index contributed by atoms with van der Waals surface area (Å²) in [6, 6.07) is 9.09. The molecule has 1 saturated heterocycles. The van der Waals surface area contributed by atoms with E-state index in [1.165, 1.54) is 28.6 Å². The van der Waals surface area contributed by atoms with E-state index in [0.717, 1.165) is 0 Å². The third kappa shape index (κ3) is 5.07. The fourth-order valence-electron chi connectivity index (χ4n) is 2.93. The van der Waals surface area contributed by atoms with Crippen molar-refractivity contribution in [1.29, 1.82) is 0 Å². The first kappa shape index (κ1) is 22.8. The Hall–Kier alpha value is -1.84. The minimum atomic E-state index is -3.75. The molecular weight excluding hydrogens is 451 g/mol. The van der Waals surface area contributed by atoms with Gasteiger partial charge in [-0.15, -0.1) is 0 Å². The second-order valence-electron chi connectivity index (χ2n) is 6.90. The Labute approximate surface area is 185 Å². The van der Waals surface area contributed by atoms with E-state index in [-0.39, 0.29) is 45.4 Å². The van der Waals surface area contributed by atoms with E-state index in [4.69, 9.17) is 32.7 Å². The van der Waals surface area contributed by atoms with Crippen molar-refractivity contribution >= 4 is 44.8 Å². The van der Waals surface area contributed by atoms with Crippen LogP contribution in [0.25, 0.3) is 0 Å². The van der Waals surface area contributed by atoms with Gasteiger partial charge in [-0.05, 0) is 44.2 Å². The van der Waals surface area contributed by atoms with Crippen LogP contribution >= 0.6 is 23.2 Å². The molecule has 1 heterocycles. The lowest BCUT2D eigenvalue weighted by Crippen LogP contribution is -2.40. The monoisotopic (exact) mass is 472 g/mol. The molecule has 2 aromatic rings. The van der Waals surface area contributed by atoms with Crippen LogP contribution in [-0.2, 0) is 14.8 Å². The van der Waals surface area contributed by atoms with Crippen LogP contribution in [-0.4, -0.2) is 51.0 Å². The largest absolute Gasteiger partial charge is 0.489 e. The Bertz CT molecular complexity index is 1040. The van der Waals surface area contributed by atoms with Gasteiger partial charge in [0.25, 0.3) is 5.91 Å². The number of benzene rings is 2. The van der Waals surface area contributed by atoms with Crippen molar-refractivity contribution in [2.24, 2.45) is 0 Å². The predicted molar refractivity (Wildman–Crippen MR) is 116 cm³/mol. The number of carbonyl (C=O) groups excluding carboxylic acids is 1. The molecule has 2 aromatic carbocycles. The second kappa shape index (κ2) is 9.53. The standard InChI is InChI=1S/C20H22Cl2N2O5S/c1-13(2)29-18-7-6-14(30(26,27)24-8-10-28-11-9-24)12-17(18)23-20(25)15-4-3-5-16(21)19(15)22/h3-7,12-13H,8-11H2,1-2H3,(H,23,25). The van der Waals surface area contributed by atoms with Crippen LogP contribution in [0.4, 0.5) is 5.69 Å². The minimum absolute atomic E-state index is 0.0491. The van der Waals surface area contributed by atoms with Crippen LogP contribution in [0.5, 0.6) is 5.75 Å². The summed E-state index contributed by atoms with van der Waals surface area (Å²) in [5.74, 6) is -0.186. The molecule has 0 atom stereocenters. The Morgan fingerprint density at radius 3 is 2.53 bits per heavy atom. The van der Waals surface area contributed by atoms with Crippen molar-refractivity contribution in [3.8, 4) is 5.75 Å². The Morgan fingerprint density at radius 1 is 1.17 bits per heavy atom. The molecule has 0 unspecified atom stereocenters. The highest BCUT2D eigenvalue weighted by atomic mass is 35.5. The van der Waals surface area contributed by atoms with Gasteiger partial charge in [0.1, 0.15) is 5.75 Å². The summed E-state index contributed by atoms with van der Waals surface area (Å²) in [5.41, 5.74) is 0.389. The summed E-state index contributed by atoms with van der Waals surface area (Å²) in [5, 5.41) is 3.05. The van der Waals surface area contributed by atoms with E-state index in [1.807, 2.05) is 13.8 Å². The average molecular weight is 473 g/mol. The topological polar surface area (TPSA) is 84.9 Å². The number of ether oxygens (including phenoxy) is 2. The molecule has 0 radical (unpaired) electrons. The third-order valence-corrected chi connectivity index (χ3v) is 7.08. The van der Waals surface area contributed by atoms with Crippen molar-refractivity contribution in [2.75, 3.05) is 31.6 Å². The number of rotatable bonds is 6. The number of hydrogen-bond donors (Lipinski definition) is 1. The summed E-state index contributed by atoms with van der Waals surface area (Å²) >= 11 is 12.1. The molecule has 1 aliphatic rings. The van der Waals surface area contributed by atoms with Gasteiger partial charge in [0.05, 0.1) is 45.5 Å². The quantitative estimate of drug-likeness (QED) is 0.684. The maximum Gasteiger partial charge on any atom is 0.257 e. The maximum atomic E-state index is 13.0. The highest BCUT2D eigenvalue weighted by Gasteiger charge is 2.27. The van der Waals surface area contributed by atoms with Crippen molar-refractivity contribution in [3.05, 3.63) is 52.0 Å². The first-order chi connectivity index (χ1) is 14.2. The number of hydrogen-bond acceptors (Lipinski definition) is 5. The fourth-order valence-corrected chi connectivity index (χ4v) is 4.75. The summed E-state index contributed by atoms with van der Waals surface area (Å²) < 4.78 is 38.3. The number of amides is 1. The maximum absolute atomic E-state index is 13.0. The Kier molecular flexibility index (Phi) is 7.26. The predicted octanol–water partition coefficient (Wildman–Crippen LogP) is 4.05. The first-order valence-corrected chi connectivity index (χ1v) is 11.5. The second-order valence-corrected chi connectivity index (χ2v) is 9.62. The molecule has 7 nitrogen and oxygen atoms in total. The molecule has 10 heteroatoms. The van der Waals surface area contributed by atoms with Gasteiger partial charge in [0, 0.05) is 13.1 Å². The van der Waals surface area contributed by atoms with Crippen LogP contribution in [0.3, 0.4) is 0 Å². The normalized spacial score (nSPS) is 15.2. The van der Waals surface area contributed by atoms with Gasteiger partial charge in [-0.3, -0.25) is 4.79 Å². The molecule has 0 aliphatic carbocycles. The zero-order valence-corrected chi connectivity index (χ0v) is 18.9. The molecule has 0 aromatic heterocycles. The van der Waals surface area contributed by atoms with E-state index in [2.05, 4.69) is 5.32 Å². The number of morpholine rings is 1. The zero-order valence-electron chi connectivity index (χ0n) is 16.5. The molecule has 1 N–H and O–H groups in total. The summed E-state index contributed by atoms with van der Waals surface area (Å²) in [6.45, 7) is 4.88. The lowest BCUT2D eigenvalue weighted by atomic mass is 10.2. The highest BCUT2D eigenvalue weighted by Crippen LogP contribution is 2.32. The van der Waals surface area contributed by atoms with Gasteiger partial charge in [-0.25, -0.2) is 8.42 Å². The van der Waals surface area contributed by atoms with E-state index in [1.54, 1.807) is 12.1 Å². The van der Waals surface area contributed by atoms with Crippen LogP contribution in [0, 0.1) is 0 Å². The molecule has 1 amide bonds. The molecule has 30 heavy (non-hydrogen) atoms. The third-order valence-electron chi connectivity index (χ3n) is 4.37. The fraction of sp³-hybridized carbons (Fsp3) is 0.350. The van der Waals surface area contributed by atoms with Gasteiger partial charge in [0.2, 0.25) is 10.0 Å². The van der Waals surface area contributed by atoms with Crippen LogP contribution in [0.15, 0.2) is 41.3 Å². The molecular formula is C20H22Cl2N2O5S. The zero-order chi connectivity index (χ0) is 21.9. The van der Waals surface area contributed by atoms with Crippen LogP contribution < -0.4 is 10.1 Å². The SMILES string of the molecule is CC(C)Oc1ccc(S(=O)(=O)N2CCOCC2)cc1NC(=O)c1cccc(Cl)c1Cl. The first-order valence-electron chi connectivity index (χ1n) is 9.34. The summed E-state index contributed by atoms with van der Waals surface area (Å²) in [6.07, 6.45) is -0.183. The lowest BCUT2D eigenvalue weighted by Gasteiger charge is -2.26. The molecule has 0 spiro atoms. The van der Waals surface area contributed by atoms with Crippen molar-refractivity contribution in [3.63, 3.8) is 0 Å². The van der Waals surface area contributed by atoms with Gasteiger partial charge in [-0.1, -0.05) is 29.3 Å². The molecule has 1 fully saturated rings. The van der Waals surface area contributed by atoms with Gasteiger partial charge >= 0.3 is 0 Å². The Balaban J connectivity index is 1.97. The van der Waals surface area contributed by atoms with Crippen molar-refractivity contribution < 1.29 is 22.7 Å². The van der Waals surface area contributed by atoms with E-state index in [0.29, 0.717) is 19.0 Å². The number of halogens is 2. The summed E-state index contributed by atoms with van der Waals surface area (Å²) in [7, 11) is -3.75. The highest BCUT2D eigenvalue weighted by molar-refractivity contribution is 7.89. The van der Waals surface area contributed by atoms with Crippen molar-refractivity contribution in [1.82, 2.24) is 4.31 Å². The number of sulfonamides is 1. The number of nitrogens with zero attached hydrogens (tertiary/aromatic N) is 1. The minimum Gasteiger partial charge on any atom is -0.489 e. The average Bonchev–Trinajstić information content (AvgIpc) is 2.71.